The van der Waals surface area contributed by atoms with Gasteiger partial charge in [0, 0.05) is 15.6 Å². The maximum Gasteiger partial charge on any atom is 0.0415 e. The molecule has 1 nitrogen and oxygen atoms in total. The van der Waals surface area contributed by atoms with E-state index in [0.29, 0.717) is 6.04 Å². The van der Waals surface area contributed by atoms with Gasteiger partial charge in [-0.1, -0.05) is 38.5 Å². The van der Waals surface area contributed by atoms with E-state index in [9.17, 15) is 0 Å². The van der Waals surface area contributed by atoms with Crippen molar-refractivity contribution in [3.8, 4) is 0 Å². The van der Waals surface area contributed by atoms with E-state index in [1.54, 1.807) is 0 Å². The smallest absolute Gasteiger partial charge is 0.0415 e. The van der Waals surface area contributed by atoms with Crippen LogP contribution in [0.25, 0.3) is 10.1 Å². The third kappa shape index (κ3) is 2.88. The second kappa shape index (κ2) is 5.65. The van der Waals surface area contributed by atoms with Crippen LogP contribution < -0.4 is 5.32 Å². The van der Waals surface area contributed by atoms with Gasteiger partial charge < -0.3 is 5.32 Å². The Morgan fingerprint density at radius 1 is 1.29 bits per heavy atom. The Morgan fingerprint density at radius 3 is 2.71 bits per heavy atom. The molecule has 0 fully saturated rings. The van der Waals surface area contributed by atoms with Crippen molar-refractivity contribution >= 4 is 21.4 Å². The molecule has 0 spiro atoms. The Balaban J connectivity index is 2.24. The fraction of sp³-hybridized carbons (Fsp3) is 0.467. The lowest BCUT2D eigenvalue weighted by Gasteiger charge is -2.18. The molecule has 2 rings (SSSR count). The number of hydrogen-bond donors (Lipinski definition) is 1. The minimum Gasteiger partial charge on any atom is -0.312 e. The quantitative estimate of drug-likeness (QED) is 0.814. The molecule has 0 bridgehead atoms. The second-order valence-corrected chi connectivity index (χ2v) is 5.89. The number of nitrogens with one attached hydrogen (secondary N) is 1. The van der Waals surface area contributed by atoms with Crippen molar-refractivity contribution in [3.05, 3.63) is 35.2 Å². The highest BCUT2D eigenvalue weighted by molar-refractivity contribution is 7.19. The van der Waals surface area contributed by atoms with Crippen LogP contribution in [0.15, 0.2) is 30.3 Å². The highest BCUT2D eigenvalue weighted by Crippen LogP contribution is 2.32. The van der Waals surface area contributed by atoms with Crippen LogP contribution in [0.2, 0.25) is 0 Å². The molecule has 1 heterocycles. The Labute approximate surface area is 108 Å². The molecule has 0 saturated carbocycles. The van der Waals surface area contributed by atoms with Crippen LogP contribution in [-0.4, -0.2) is 7.05 Å². The monoisotopic (exact) mass is 247 g/mol. The first-order valence-electron chi connectivity index (χ1n) is 6.40. The summed E-state index contributed by atoms with van der Waals surface area (Å²) in [7, 11) is 2.07. The van der Waals surface area contributed by atoms with Gasteiger partial charge in [0.2, 0.25) is 0 Å². The Bertz CT molecular complexity index is 441. The van der Waals surface area contributed by atoms with E-state index in [2.05, 4.69) is 56.5 Å². The predicted molar refractivity (Wildman–Crippen MR) is 77.7 cm³/mol. The van der Waals surface area contributed by atoms with Crippen molar-refractivity contribution in [2.75, 3.05) is 7.05 Å². The molecule has 0 amide bonds. The van der Waals surface area contributed by atoms with Gasteiger partial charge in [-0.15, -0.1) is 11.3 Å². The zero-order valence-electron chi connectivity index (χ0n) is 10.9. The highest BCUT2D eigenvalue weighted by Gasteiger charge is 2.15. The van der Waals surface area contributed by atoms with Crippen LogP contribution >= 0.6 is 11.3 Å². The number of rotatable bonds is 5. The van der Waals surface area contributed by atoms with Crippen LogP contribution in [-0.2, 0) is 0 Å². The highest BCUT2D eigenvalue weighted by atomic mass is 32.1. The van der Waals surface area contributed by atoms with Gasteiger partial charge in [-0.05, 0) is 36.9 Å². The van der Waals surface area contributed by atoms with Crippen LogP contribution in [0.1, 0.15) is 37.6 Å². The van der Waals surface area contributed by atoms with Gasteiger partial charge in [-0.2, -0.15) is 0 Å². The summed E-state index contributed by atoms with van der Waals surface area (Å²) in [6, 6.07) is 11.5. The lowest BCUT2D eigenvalue weighted by atomic mass is 9.98. The molecular formula is C15H21NS. The van der Waals surface area contributed by atoms with E-state index in [1.165, 1.54) is 27.8 Å². The maximum absolute atomic E-state index is 3.45. The van der Waals surface area contributed by atoms with Crippen LogP contribution in [0.5, 0.6) is 0 Å². The minimum absolute atomic E-state index is 0.502. The SMILES string of the molecule is CCC(C)CC(NC)c1cc2ccccc2s1. The number of benzene rings is 1. The molecule has 2 heteroatoms. The molecular weight excluding hydrogens is 226 g/mol. The van der Waals surface area contributed by atoms with Crippen molar-refractivity contribution in [1.82, 2.24) is 5.32 Å². The molecule has 0 aliphatic heterocycles. The molecule has 1 N–H and O–H groups in total. The summed E-state index contributed by atoms with van der Waals surface area (Å²) in [5.74, 6) is 0.776. The molecule has 0 radical (unpaired) electrons. The van der Waals surface area contributed by atoms with E-state index >= 15 is 0 Å². The standard InChI is InChI=1S/C15H21NS/c1-4-11(2)9-13(16-3)15-10-12-7-5-6-8-14(12)17-15/h5-8,10-11,13,16H,4,9H2,1-3H3. The average Bonchev–Trinajstić information content (AvgIpc) is 2.78. The molecule has 0 aliphatic carbocycles. The summed E-state index contributed by atoms with van der Waals surface area (Å²) >= 11 is 1.92. The summed E-state index contributed by atoms with van der Waals surface area (Å²) < 4.78 is 1.40. The fourth-order valence-electron chi connectivity index (χ4n) is 2.12. The zero-order chi connectivity index (χ0) is 12.3. The largest absolute Gasteiger partial charge is 0.312 e. The van der Waals surface area contributed by atoms with E-state index < -0.39 is 0 Å². The maximum atomic E-state index is 3.45. The summed E-state index contributed by atoms with van der Waals surface area (Å²) in [5, 5.41) is 4.83. The normalized spacial score (nSPS) is 15.0. The first kappa shape index (κ1) is 12.6. The first-order valence-corrected chi connectivity index (χ1v) is 7.22. The molecule has 2 aromatic rings. The van der Waals surface area contributed by atoms with Crippen LogP contribution in [0, 0.1) is 5.92 Å². The number of thiophene rings is 1. The van der Waals surface area contributed by atoms with E-state index in [1.807, 2.05) is 11.3 Å². The molecule has 2 unspecified atom stereocenters. The van der Waals surface area contributed by atoms with Gasteiger partial charge in [0.1, 0.15) is 0 Å². The topological polar surface area (TPSA) is 12.0 Å². The lowest BCUT2D eigenvalue weighted by Crippen LogP contribution is -2.17. The van der Waals surface area contributed by atoms with Crippen molar-refractivity contribution in [3.63, 3.8) is 0 Å². The Kier molecular flexibility index (Phi) is 4.19. The van der Waals surface area contributed by atoms with Gasteiger partial charge in [0.15, 0.2) is 0 Å². The third-order valence-corrected chi connectivity index (χ3v) is 4.70. The summed E-state index contributed by atoms with van der Waals surface area (Å²) in [6.45, 7) is 4.60. The van der Waals surface area contributed by atoms with Gasteiger partial charge in [-0.3, -0.25) is 0 Å². The molecule has 0 aliphatic rings. The zero-order valence-corrected chi connectivity index (χ0v) is 11.7. The molecule has 1 aromatic heterocycles. The fourth-order valence-corrected chi connectivity index (χ4v) is 3.31. The van der Waals surface area contributed by atoms with Gasteiger partial charge in [-0.25, -0.2) is 0 Å². The third-order valence-electron chi connectivity index (χ3n) is 3.47. The van der Waals surface area contributed by atoms with Crippen molar-refractivity contribution in [2.24, 2.45) is 5.92 Å². The number of fused-ring (bicyclic) bond motifs is 1. The van der Waals surface area contributed by atoms with Crippen molar-refractivity contribution in [1.29, 1.82) is 0 Å². The van der Waals surface area contributed by atoms with Gasteiger partial charge in [0.05, 0.1) is 0 Å². The molecule has 0 saturated heterocycles. The molecule has 2 atom stereocenters. The first-order chi connectivity index (χ1) is 8.24. The summed E-state index contributed by atoms with van der Waals surface area (Å²) in [4.78, 5) is 1.47. The predicted octanol–water partition coefficient (Wildman–Crippen LogP) is 4.60. The molecule has 17 heavy (non-hydrogen) atoms. The molecule has 1 aromatic carbocycles. The van der Waals surface area contributed by atoms with Gasteiger partial charge >= 0.3 is 0 Å². The van der Waals surface area contributed by atoms with Crippen molar-refractivity contribution in [2.45, 2.75) is 32.7 Å². The second-order valence-electron chi connectivity index (χ2n) is 4.78. The molecule has 92 valence electrons. The summed E-state index contributed by atoms with van der Waals surface area (Å²) in [6.07, 6.45) is 2.48. The van der Waals surface area contributed by atoms with Crippen molar-refractivity contribution < 1.29 is 0 Å². The lowest BCUT2D eigenvalue weighted by molar-refractivity contribution is 0.426. The Morgan fingerprint density at radius 2 is 2.06 bits per heavy atom. The van der Waals surface area contributed by atoms with E-state index in [4.69, 9.17) is 0 Å². The summed E-state index contributed by atoms with van der Waals surface area (Å²) in [5.41, 5.74) is 0. The Hall–Kier alpha value is -0.860. The van der Waals surface area contributed by atoms with Crippen LogP contribution in [0.4, 0.5) is 0 Å². The van der Waals surface area contributed by atoms with Gasteiger partial charge in [0.25, 0.3) is 0 Å². The number of hydrogen-bond acceptors (Lipinski definition) is 2. The average molecular weight is 247 g/mol. The van der Waals surface area contributed by atoms with E-state index in [0.717, 1.165) is 5.92 Å². The van der Waals surface area contributed by atoms with Crippen LogP contribution in [0.3, 0.4) is 0 Å². The van der Waals surface area contributed by atoms with E-state index in [-0.39, 0.29) is 0 Å². The minimum atomic E-state index is 0.502.